The first-order chi connectivity index (χ1) is 9.85. The summed E-state index contributed by atoms with van der Waals surface area (Å²) in [4.78, 5) is 0.265. The van der Waals surface area contributed by atoms with Crippen LogP contribution in [0, 0.1) is 12.8 Å². The van der Waals surface area contributed by atoms with E-state index in [4.69, 9.17) is 5.73 Å². The molecule has 7 heteroatoms. The summed E-state index contributed by atoms with van der Waals surface area (Å²) >= 11 is 6.74. The third kappa shape index (κ3) is 4.07. The van der Waals surface area contributed by atoms with E-state index in [0.717, 1.165) is 35.7 Å². The van der Waals surface area contributed by atoms with Crippen molar-refractivity contribution in [3.8, 4) is 0 Å². The second-order valence-corrected chi connectivity index (χ2v) is 8.93. The highest BCUT2D eigenvalue weighted by Crippen LogP contribution is 2.30. The molecule has 0 amide bonds. The van der Waals surface area contributed by atoms with Crippen molar-refractivity contribution < 1.29 is 8.42 Å². The molecule has 0 aliphatic heterocycles. The number of hydrogen-bond acceptors (Lipinski definition) is 3. The van der Waals surface area contributed by atoms with Crippen LogP contribution in [0.15, 0.2) is 26.0 Å². The predicted octanol–water partition coefficient (Wildman–Crippen LogP) is 3.32. The van der Waals surface area contributed by atoms with E-state index in [1.807, 2.05) is 6.92 Å². The van der Waals surface area contributed by atoms with Crippen LogP contribution in [-0.2, 0) is 10.0 Å². The molecule has 3 N–H and O–H groups in total. The summed E-state index contributed by atoms with van der Waals surface area (Å²) in [5, 5.41) is 0. The number of rotatable bonds is 4. The maximum atomic E-state index is 12.6. The molecule has 1 aromatic rings. The number of hydrogen-bond donors (Lipinski definition) is 2. The second-order valence-electron chi connectivity index (χ2n) is 5.54. The van der Waals surface area contributed by atoms with Crippen molar-refractivity contribution in [1.82, 2.24) is 4.72 Å². The fraction of sp³-hybridized carbons (Fsp3) is 0.571. The van der Waals surface area contributed by atoms with Gasteiger partial charge in [0.2, 0.25) is 10.0 Å². The third-order valence-corrected chi connectivity index (χ3v) is 7.32. The molecule has 4 nitrogen and oxygen atoms in total. The van der Waals surface area contributed by atoms with Gasteiger partial charge in [-0.2, -0.15) is 0 Å². The molecule has 1 saturated carbocycles. The van der Waals surface area contributed by atoms with Gasteiger partial charge in [-0.1, -0.05) is 28.8 Å². The lowest BCUT2D eigenvalue weighted by atomic mass is 9.85. The first-order valence-corrected chi connectivity index (χ1v) is 10.1. The van der Waals surface area contributed by atoms with Crippen LogP contribution in [0.3, 0.4) is 0 Å². The van der Waals surface area contributed by atoms with Gasteiger partial charge in [0.15, 0.2) is 0 Å². The molecular weight excluding hydrogens is 420 g/mol. The van der Waals surface area contributed by atoms with Gasteiger partial charge in [-0.25, -0.2) is 13.1 Å². The molecule has 1 aliphatic rings. The van der Waals surface area contributed by atoms with Crippen LogP contribution in [0.25, 0.3) is 0 Å². The van der Waals surface area contributed by atoms with Crippen LogP contribution in [0.2, 0.25) is 0 Å². The van der Waals surface area contributed by atoms with Crippen LogP contribution in [-0.4, -0.2) is 21.0 Å². The van der Waals surface area contributed by atoms with Gasteiger partial charge >= 0.3 is 0 Å². The zero-order valence-electron chi connectivity index (χ0n) is 11.9. The molecule has 2 rings (SSSR count). The zero-order valence-corrected chi connectivity index (χ0v) is 15.9. The van der Waals surface area contributed by atoms with Gasteiger partial charge in [-0.15, -0.1) is 0 Å². The number of benzene rings is 1. The number of aryl methyl sites for hydroxylation is 1. The standard InChI is InChI=1S/C14H20Br2N2O2S/c1-9-6-12(16)14(7-11(9)15)21(19,20)18-13-5-3-2-4-10(13)8-17/h6-7,10,13,18H,2-5,8,17H2,1H3. The molecule has 0 radical (unpaired) electrons. The van der Waals surface area contributed by atoms with E-state index in [-0.39, 0.29) is 16.9 Å². The van der Waals surface area contributed by atoms with Gasteiger partial charge in [-0.05, 0) is 65.9 Å². The number of sulfonamides is 1. The fourth-order valence-corrected chi connectivity index (χ4v) is 5.76. The van der Waals surface area contributed by atoms with Crippen molar-refractivity contribution >= 4 is 41.9 Å². The molecule has 1 aromatic carbocycles. The molecule has 0 spiro atoms. The fourth-order valence-electron chi connectivity index (χ4n) is 2.74. The molecule has 0 saturated heterocycles. The highest BCUT2D eigenvalue weighted by atomic mass is 79.9. The van der Waals surface area contributed by atoms with Crippen LogP contribution in [0.1, 0.15) is 31.2 Å². The minimum atomic E-state index is -3.56. The van der Waals surface area contributed by atoms with E-state index in [0.29, 0.717) is 11.0 Å². The first kappa shape index (κ1) is 17.4. The summed E-state index contributed by atoms with van der Waals surface area (Å²) in [6.07, 6.45) is 4.01. The molecule has 118 valence electrons. The molecule has 0 bridgehead atoms. The van der Waals surface area contributed by atoms with Crippen molar-refractivity contribution in [3.05, 3.63) is 26.6 Å². The average Bonchev–Trinajstić information content (AvgIpc) is 2.43. The maximum absolute atomic E-state index is 12.6. The minimum absolute atomic E-state index is 0.0688. The lowest BCUT2D eigenvalue weighted by molar-refractivity contribution is 0.296. The molecule has 1 aliphatic carbocycles. The SMILES string of the molecule is Cc1cc(Br)c(S(=O)(=O)NC2CCCCC2CN)cc1Br. The van der Waals surface area contributed by atoms with Crippen LogP contribution in [0.5, 0.6) is 0 Å². The lowest BCUT2D eigenvalue weighted by Gasteiger charge is -2.31. The summed E-state index contributed by atoms with van der Waals surface area (Å²) in [6.45, 7) is 2.44. The van der Waals surface area contributed by atoms with Crippen LogP contribution < -0.4 is 10.5 Å². The molecule has 1 fully saturated rings. The van der Waals surface area contributed by atoms with E-state index < -0.39 is 10.0 Å². The monoisotopic (exact) mass is 438 g/mol. The molecule has 0 aromatic heterocycles. The van der Waals surface area contributed by atoms with E-state index in [1.165, 1.54) is 0 Å². The second kappa shape index (κ2) is 7.08. The molecule has 0 heterocycles. The predicted molar refractivity (Wildman–Crippen MR) is 91.7 cm³/mol. The van der Waals surface area contributed by atoms with Crippen molar-refractivity contribution in [1.29, 1.82) is 0 Å². The van der Waals surface area contributed by atoms with Crippen molar-refractivity contribution in [2.24, 2.45) is 11.7 Å². The summed E-state index contributed by atoms with van der Waals surface area (Å²) in [6, 6.07) is 3.38. The Kier molecular flexibility index (Phi) is 5.87. The Morgan fingerprint density at radius 2 is 1.90 bits per heavy atom. The van der Waals surface area contributed by atoms with Crippen LogP contribution >= 0.6 is 31.9 Å². The Bertz CT molecular complexity index is 620. The van der Waals surface area contributed by atoms with Gasteiger partial charge in [0.1, 0.15) is 0 Å². The highest BCUT2D eigenvalue weighted by molar-refractivity contribution is 9.11. The Balaban J connectivity index is 2.28. The molecule has 21 heavy (non-hydrogen) atoms. The molecule has 2 unspecified atom stereocenters. The van der Waals surface area contributed by atoms with Gasteiger partial charge in [0.05, 0.1) is 4.90 Å². The Morgan fingerprint density at radius 1 is 1.24 bits per heavy atom. The number of halogens is 2. The quantitative estimate of drug-likeness (QED) is 0.755. The van der Waals surface area contributed by atoms with Gasteiger partial charge < -0.3 is 5.73 Å². The first-order valence-electron chi connectivity index (χ1n) is 7.03. The van der Waals surface area contributed by atoms with E-state index in [9.17, 15) is 8.42 Å². The maximum Gasteiger partial charge on any atom is 0.241 e. The third-order valence-electron chi connectivity index (χ3n) is 4.02. The van der Waals surface area contributed by atoms with Crippen molar-refractivity contribution in [2.45, 2.75) is 43.5 Å². The molecular formula is C14H20Br2N2O2S. The van der Waals surface area contributed by atoms with Crippen LogP contribution in [0.4, 0.5) is 0 Å². The van der Waals surface area contributed by atoms with E-state index in [1.54, 1.807) is 12.1 Å². The Labute approximate surface area is 143 Å². The normalized spacial score (nSPS) is 23.2. The molecule has 2 atom stereocenters. The number of nitrogens with two attached hydrogens (primary N) is 1. The largest absolute Gasteiger partial charge is 0.330 e. The lowest BCUT2D eigenvalue weighted by Crippen LogP contribution is -2.44. The Hall–Kier alpha value is 0.0500. The van der Waals surface area contributed by atoms with Gasteiger partial charge in [-0.3, -0.25) is 0 Å². The summed E-state index contributed by atoms with van der Waals surface area (Å²) in [5.74, 6) is 0.223. The van der Waals surface area contributed by atoms with E-state index in [2.05, 4.69) is 36.6 Å². The van der Waals surface area contributed by atoms with Gasteiger partial charge in [0, 0.05) is 15.0 Å². The van der Waals surface area contributed by atoms with Crippen molar-refractivity contribution in [3.63, 3.8) is 0 Å². The Morgan fingerprint density at radius 3 is 2.57 bits per heavy atom. The van der Waals surface area contributed by atoms with Crippen molar-refractivity contribution in [2.75, 3.05) is 6.54 Å². The smallest absolute Gasteiger partial charge is 0.241 e. The minimum Gasteiger partial charge on any atom is -0.330 e. The summed E-state index contributed by atoms with van der Waals surface area (Å²) in [5.41, 5.74) is 6.76. The van der Waals surface area contributed by atoms with Gasteiger partial charge in [0.25, 0.3) is 0 Å². The zero-order chi connectivity index (χ0) is 15.6. The topological polar surface area (TPSA) is 72.2 Å². The van der Waals surface area contributed by atoms with E-state index >= 15 is 0 Å². The average molecular weight is 440 g/mol. The summed E-state index contributed by atoms with van der Waals surface area (Å²) in [7, 11) is -3.56. The number of nitrogens with one attached hydrogen (secondary N) is 1. The highest BCUT2D eigenvalue weighted by Gasteiger charge is 2.29. The summed E-state index contributed by atoms with van der Waals surface area (Å²) < 4.78 is 29.5.